The summed E-state index contributed by atoms with van der Waals surface area (Å²) in [7, 11) is 1.98. The van der Waals surface area contributed by atoms with Crippen LogP contribution >= 0.6 is 0 Å². The highest BCUT2D eigenvalue weighted by molar-refractivity contribution is 5.76. The van der Waals surface area contributed by atoms with Crippen LogP contribution in [0.15, 0.2) is 30.3 Å². The van der Waals surface area contributed by atoms with Gasteiger partial charge in [-0.3, -0.25) is 4.79 Å². The van der Waals surface area contributed by atoms with E-state index in [9.17, 15) is 9.90 Å². The largest absolute Gasteiger partial charge is 0.481 e. The molecule has 0 saturated carbocycles. The van der Waals surface area contributed by atoms with E-state index in [-0.39, 0.29) is 0 Å². The molecule has 4 nitrogen and oxygen atoms in total. The molecule has 1 N–H and O–H groups in total. The standard InChI is InChI=1S/C15H16N2O2/c1-17-12-8-7-11(15(18)19)14(12)16-13(17)9-10-5-3-2-4-6-10/h2-6,11H,7-9H2,1H3,(H,18,19). The van der Waals surface area contributed by atoms with Crippen LogP contribution in [0.25, 0.3) is 0 Å². The summed E-state index contributed by atoms with van der Waals surface area (Å²) in [6, 6.07) is 10.1. The summed E-state index contributed by atoms with van der Waals surface area (Å²) in [6.07, 6.45) is 2.23. The number of hydrogen-bond donors (Lipinski definition) is 1. The maximum Gasteiger partial charge on any atom is 0.312 e. The van der Waals surface area contributed by atoms with E-state index in [0.29, 0.717) is 6.42 Å². The van der Waals surface area contributed by atoms with E-state index >= 15 is 0 Å². The van der Waals surface area contributed by atoms with Gasteiger partial charge in [0.05, 0.1) is 5.69 Å². The van der Waals surface area contributed by atoms with Gasteiger partial charge in [0.15, 0.2) is 0 Å². The van der Waals surface area contributed by atoms with E-state index < -0.39 is 11.9 Å². The number of imidazole rings is 1. The number of carbonyl (C=O) groups is 1. The summed E-state index contributed by atoms with van der Waals surface area (Å²) < 4.78 is 2.06. The number of fused-ring (bicyclic) bond motifs is 1. The Morgan fingerprint density at radius 3 is 2.84 bits per heavy atom. The zero-order chi connectivity index (χ0) is 13.4. The van der Waals surface area contributed by atoms with Gasteiger partial charge in [0.25, 0.3) is 0 Å². The van der Waals surface area contributed by atoms with Gasteiger partial charge in [-0.1, -0.05) is 30.3 Å². The van der Waals surface area contributed by atoms with E-state index in [1.807, 2.05) is 25.2 Å². The smallest absolute Gasteiger partial charge is 0.312 e. The average Bonchev–Trinajstić information content (AvgIpc) is 2.93. The third-order valence-corrected chi connectivity index (χ3v) is 3.84. The highest BCUT2D eigenvalue weighted by Gasteiger charge is 2.33. The first-order valence-electron chi connectivity index (χ1n) is 6.48. The summed E-state index contributed by atoms with van der Waals surface area (Å²) in [5.74, 6) is -0.240. The molecule has 19 heavy (non-hydrogen) atoms. The van der Waals surface area contributed by atoms with Gasteiger partial charge in [-0.25, -0.2) is 4.98 Å². The van der Waals surface area contributed by atoms with Crippen LogP contribution in [-0.2, 0) is 24.7 Å². The Balaban J connectivity index is 1.93. The number of hydrogen-bond acceptors (Lipinski definition) is 2. The third kappa shape index (κ3) is 2.03. The first-order chi connectivity index (χ1) is 9.16. The van der Waals surface area contributed by atoms with Crippen molar-refractivity contribution in [2.45, 2.75) is 25.2 Å². The predicted octanol–water partition coefficient (Wildman–Crippen LogP) is 2.13. The lowest BCUT2D eigenvalue weighted by atomic mass is 10.1. The minimum absolute atomic E-state index is 0.425. The van der Waals surface area contributed by atoms with Gasteiger partial charge in [-0.05, 0) is 18.4 Å². The molecule has 2 aromatic rings. The van der Waals surface area contributed by atoms with E-state index in [2.05, 4.69) is 21.7 Å². The lowest BCUT2D eigenvalue weighted by Crippen LogP contribution is -2.09. The number of carboxylic acid groups (broad SMARTS) is 1. The van der Waals surface area contributed by atoms with Gasteiger partial charge in [-0.15, -0.1) is 0 Å². The van der Waals surface area contributed by atoms with Gasteiger partial charge in [0.2, 0.25) is 0 Å². The van der Waals surface area contributed by atoms with Crippen molar-refractivity contribution in [1.82, 2.24) is 9.55 Å². The lowest BCUT2D eigenvalue weighted by molar-refractivity contribution is -0.138. The summed E-state index contributed by atoms with van der Waals surface area (Å²) in [4.78, 5) is 15.8. The topological polar surface area (TPSA) is 55.1 Å². The van der Waals surface area contributed by atoms with Gasteiger partial charge in [0, 0.05) is 19.2 Å². The molecule has 1 aliphatic rings. The number of benzene rings is 1. The Kier molecular flexibility index (Phi) is 2.85. The maximum atomic E-state index is 11.2. The van der Waals surface area contributed by atoms with Crippen molar-refractivity contribution in [3.05, 3.63) is 53.1 Å². The molecular formula is C15H16N2O2. The molecule has 0 saturated heterocycles. The quantitative estimate of drug-likeness (QED) is 0.915. The molecule has 4 heteroatoms. The van der Waals surface area contributed by atoms with Crippen molar-refractivity contribution in [3.63, 3.8) is 0 Å². The second-order valence-corrected chi connectivity index (χ2v) is 5.01. The van der Waals surface area contributed by atoms with Crippen LogP contribution in [0.5, 0.6) is 0 Å². The van der Waals surface area contributed by atoms with Gasteiger partial charge in [0.1, 0.15) is 11.7 Å². The van der Waals surface area contributed by atoms with Crippen LogP contribution < -0.4 is 0 Å². The molecule has 0 radical (unpaired) electrons. The Bertz CT molecular complexity index is 617. The van der Waals surface area contributed by atoms with E-state index in [4.69, 9.17) is 0 Å². The molecule has 3 rings (SSSR count). The molecule has 0 bridgehead atoms. The maximum absolute atomic E-state index is 11.2. The fraction of sp³-hybridized carbons (Fsp3) is 0.333. The SMILES string of the molecule is Cn1c(Cc2ccccc2)nc2c1CCC2C(=O)O. The Morgan fingerprint density at radius 2 is 2.16 bits per heavy atom. The molecule has 1 aromatic carbocycles. The van der Waals surface area contributed by atoms with Crippen LogP contribution in [0.2, 0.25) is 0 Å². The lowest BCUT2D eigenvalue weighted by Gasteiger charge is -2.05. The minimum Gasteiger partial charge on any atom is -0.481 e. The average molecular weight is 256 g/mol. The van der Waals surface area contributed by atoms with E-state index in [1.165, 1.54) is 5.56 Å². The Morgan fingerprint density at radius 1 is 1.42 bits per heavy atom. The molecule has 0 amide bonds. The van der Waals surface area contributed by atoms with Crippen LogP contribution in [0.3, 0.4) is 0 Å². The van der Waals surface area contributed by atoms with Crippen molar-refractivity contribution in [2.24, 2.45) is 7.05 Å². The molecule has 1 unspecified atom stereocenters. The first kappa shape index (κ1) is 12.0. The summed E-state index contributed by atoms with van der Waals surface area (Å²) in [5.41, 5.74) is 3.04. The van der Waals surface area contributed by atoms with Crippen LogP contribution in [0.4, 0.5) is 0 Å². The van der Waals surface area contributed by atoms with E-state index in [1.54, 1.807) is 0 Å². The molecule has 0 fully saturated rings. The normalized spacial score (nSPS) is 17.4. The highest BCUT2D eigenvalue weighted by atomic mass is 16.4. The first-order valence-corrected chi connectivity index (χ1v) is 6.48. The zero-order valence-corrected chi connectivity index (χ0v) is 10.8. The molecule has 98 valence electrons. The number of aromatic nitrogens is 2. The summed E-state index contributed by atoms with van der Waals surface area (Å²) in [6.45, 7) is 0. The minimum atomic E-state index is -0.761. The highest BCUT2D eigenvalue weighted by Crippen LogP contribution is 2.33. The number of carboxylic acids is 1. The van der Waals surface area contributed by atoms with Crippen molar-refractivity contribution in [1.29, 1.82) is 0 Å². The number of rotatable bonds is 3. The Labute approximate surface area is 111 Å². The molecule has 1 atom stereocenters. The second-order valence-electron chi connectivity index (χ2n) is 5.01. The molecule has 1 heterocycles. The second kappa shape index (κ2) is 4.53. The summed E-state index contributed by atoms with van der Waals surface area (Å²) in [5, 5.41) is 9.20. The summed E-state index contributed by atoms with van der Waals surface area (Å²) >= 11 is 0. The molecule has 1 aromatic heterocycles. The van der Waals surface area contributed by atoms with Crippen molar-refractivity contribution >= 4 is 5.97 Å². The van der Waals surface area contributed by atoms with Crippen molar-refractivity contribution in [3.8, 4) is 0 Å². The van der Waals surface area contributed by atoms with Crippen LogP contribution in [0.1, 0.15) is 35.1 Å². The molecular weight excluding hydrogens is 240 g/mol. The number of nitrogens with zero attached hydrogens (tertiary/aromatic N) is 2. The Hall–Kier alpha value is -2.10. The van der Waals surface area contributed by atoms with Crippen molar-refractivity contribution in [2.75, 3.05) is 0 Å². The van der Waals surface area contributed by atoms with Crippen molar-refractivity contribution < 1.29 is 9.90 Å². The molecule has 1 aliphatic carbocycles. The van der Waals surface area contributed by atoms with Crippen LogP contribution in [-0.4, -0.2) is 20.6 Å². The van der Waals surface area contributed by atoms with Gasteiger partial charge >= 0.3 is 5.97 Å². The fourth-order valence-corrected chi connectivity index (χ4v) is 2.78. The predicted molar refractivity (Wildman–Crippen MR) is 71.2 cm³/mol. The fourth-order valence-electron chi connectivity index (χ4n) is 2.78. The molecule has 0 spiro atoms. The molecule has 0 aliphatic heterocycles. The third-order valence-electron chi connectivity index (χ3n) is 3.84. The number of aliphatic carboxylic acids is 1. The van der Waals surface area contributed by atoms with Gasteiger partial charge < -0.3 is 9.67 Å². The van der Waals surface area contributed by atoms with E-state index in [0.717, 1.165) is 30.1 Å². The van der Waals surface area contributed by atoms with Gasteiger partial charge in [-0.2, -0.15) is 0 Å². The monoisotopic (exact) mass is 256 g/mol. The zero-order valence-electron chi connectivity index (χ0n) is 10.8. The van der Waals surface area contributed by atoms with Crippen LogP contribution in [0, 0.1) is 0 Å².